The van der Waals surface area contributed by atoms with Gasteiger partial charge in [0.1, 0.15) is 0 Å². The molecule has 0 unspecified atom stereocenters. The predicted molar refractivity (Wildman–Crippen MR) is 56.2 cm³/mol. The molecule has 0 saturated heterocycles. The van der Waals surface area contributed by atoms with E-state index in [-0.39, 0.29) is 11.7 Å². The van der Waals surface area contributed by atoms with Crippen LogP contribution in [0.4, 0.5) is 5.69 Å². The topological polar surface area (TPSA) is 88.2 Å². The van der Waals surface area contributed by atoms with Crippen LogP contribution in [0.3, 0.4) is 0 Å². The van der Waals surface area contributed by atoms with Crippen molar-refractivity contribution in [2.75, 3.05) is 12.4 Å². The molecule has 0 fully saturated rings. The van der Waals surface area contributed by atoms with Gasteiger partial charge in [-0.3, -0.25) is 0 Å². The van der Waals surface area contributed by atoms with Gasteiger partial charge in [-0.1, -0.05) is 0 Å². The number of carboxylic acids is 1. The smallest absolute Gasteiger partial charge is 0.377 e. The Hall–Kier alpha value is -2.37. The van der Waals surface area contributed by atoms with Gasteiger partial charge in [-0.2, -0.15) is 4.98 Å². The van der Waals surface area contributed by atoms with Crippen molar-refractivity contribution in [1.29, 1.82) is 0 Å². The van der Waals surface area contributed by atoms with Crippen molar-refractivity contribution in [3.05, 3.63) is 30.1 Å². The van der Waals surface area contributed by atoms with E-state index < -0.39 is 5.97 Å². The molecule has 1 aromatic heterocycles. The van der Waals surface area contributed by atoms with Gasteiger partial charge < -0.3 is 14.9 Å². The number of nitrogens with zero attached hydrogens (tertiary/aromatic N) is 2. The van der Waals surface area contributed by atoms with Gasteiger partial charge >= 0.3 is 5.97 Å². The number of hydrogen-bond donors (Lipinski definition) is 2. The largest absolute Gasteiger partial charge is 0.475 e. The Morgan fingerprint density at radius 3 is 2.56 bits per heavy atom. The second-order valence-electron chi connectivity index (χ2n) is 3.06. The Morgan fingerprint density at radius 1 is 1.38 bits per heavy atom. The van der Waals surface area contributed by atoms with Gasteiger partial charge in [-0.15, -0.1) is 0 Å². The van der Waals surface area contributed by atoms with E-state index in [0.29, 0.717) is 5.56 Å². The van der Waals surface area contributed by atoms with Crippen LogP contribution in [0.5, 0.6) is 0 Å². The molecule has 1 aromatic carbocycles. The SMILES string of the molecule is CNc1ccc(-c2nc(C(=O)O)no2)cc1. The summed E-state index contributed by atoms with van der Waals surface area (Å²) >= 11 is 0. The van der Waals surface area contributed by atoms with Crippen LogP contribution in [-0.4, -0.2) is 28.3 Å². The summed E-state index contributed by atoms with van der Waals surface area (Å²) in [5, 5.41) is 14.9. The minimum Gasteiger partial charge on any atom is -0.475 e. The van der Waals surface area contributed by atoms with Crippen molar-refractivity contribution in [3.8, 4) is 11.5 Å². The van der Waals surface area contributed by atoms with Crippen molar-refractivity contribution in [2.45, 2.75) is 0 Å². The summed E-state index contributed by atoms with van der Waals surface area (Å²) in [6, 6.07) is 7.20. The zero-order chi connectivity index (χ0) is 11.5. The first-order chi connectivity index (χ1) is 7.70. The van der Waals surface area contributed by atoms with Crippen molar-refractivity contribution in [3.63, 3.8) is 0 Å². The van der Waals surface area contributed by atoms with E-state index >= 15 is 0 Å². The lowest BCUT2D eigenvalue weighted by Gasteiger charge is -1.99. The molecule has 16 heavy (non-hydrogen) atoms. The molecule has 0 aliphatic rings. The van der Waals surface area contributed by atoms with Crippen LogP contribution in [0, 0.1) is 0 Å². The highest BCUT2D eigenvalue weighted by Gasteiger charge is 2.13. The van der Waals surface area contributed by atoms with Crippen molar-refractivity contribution < 1.29 is 14.4 Å². The van der Waals surface area contributed by atoms with Gasteiger partial charge in [-0.25, -0.2) is 4.79 Å². The van der Waals surface area contributed by atoms with Crippen molar-refractivity contribution in [1.82, 2.24) is 10.1 Å². The summed E-state index contributed by atoms with van der Waals surface area (Å²) in [6.07, 6.45) is 0. The molecule has 0 aliphatic carbocycles. The van der Waals surface area contributed by atoms with E-state index in [4.69, 9.17) is 9.63 Å². The van der Waals surface area contributed by atoms with Gasteiger partial charge in [0.15, 0.2) is 0 Å². The van der Waals surface area contributed by atoms with E-state index in [1.165, 1.54) is 0 Å². The third-order valence-electron chi connectivity index (χ3n) is 2.04. The van der Waals surface area contributed by atoms with Gasteiger partial charge in [-0.05, 0) is 29.4 Å². The summed E-state index contributed by atoms with van der Waals surface area (Å²) < 4.78 is 4.82. The molecule has 2 N–H and O–H groups in total. The number of rotatable bonds is 3. The molecule has 6 nitrogen and oxygen atoms in total. The molecule has 0 radical (unpaired) electrons. The highest BCUT2D eigenvalue weighted by molar-refractivity contribution is 5.83. The van der Waals surface area contributed by atoms with E-state index in [1.54, 1.807) is 12.1 Å². The van der Waals surface area contributed by atoms with Gasteiger partial charge in [0, 0.05) is 18.3 Å². The van der Waals surface area contributed by atoms with Gasteiger partial charge in [0.05, 0.1) is 0 Å². The average Bonchev–Trinajstić information content (AvgIpc) is 2.78. The third-order valence-corrected chi connectivity index (χ3v) is 2.04. The Labute approximate surface area is 90.9 Å². The number of benzene rings is 1. The maximum absolute atomic E-state index is 10.6. The maximum atomic E-state index is 10.6. The summed E-state index contributed by atoms with van der Waals surface area (Å²) in [6.45, 7) is 0. The molecule has 0 bridgehead atoms. The molecule has 82 valence electrons. The lowest BCUT2D eigenvalue weighted by molar-refractivity contribution is 0.0680. The highest BCUT2D eigenvalue weighted by Crippen LogP contribution is 2.19. The molecule has 2 aromatic rings. The zero-order valence-corrected chi connectivity index (χ0v) is 8.47. The average molecular weight is 219 g/mol. The first kappa shape index (κ1) is 10.2. The lowest BCUT2D eigenvalue weighted by Crippen LogP contribution is -1.98. The number of hydrogen-bond acceptors (Lipinski definition) is 5. The van der Waals surface area contributed by atoms with Crippen LogP contribution in [0.25, 0.3) is 11.5 Å². The standard InChI is InChI=1S/C10H9N3O3/c1-11-7-4-2-6(3-5-7)9-12-8(10(14)15)13-16-9/h2-5,11H,1H3,(H,14,15). The zero-order valence-electron chi connectivity index (χ0n) is 8.47. The second kappa shape index (κ2) is 4.01. The molecular formula is C10H9N3O3. The van der Waals surface area contributed by atoms with Gasteiger partial charge in [0.2, 0.25) is 0 Å². The van der Waals surface area contributed by atoms with Crippen LogP contribution < -0.4 is 5.32 Å². The number of anilines is 1. The molecule has 0 amide bonds. The third kappa shape index (κ3) is 1.85. The Morgan fingerprint density at radius 2 is 2.06 bits per heavy atom. The fraction of sp³-hybridized carbons (Fsp3) is 0.100. The number of carboxylic acid groups (broad SMARTS) is 1. The molecule has 2 rings (SSSR count). The van der Waals surface area contributed by atoms with Crippen LogP contribution in [0.1, 0.15) is 10.6 Å². The van der Waals surface area contributed by atoms with Crippen LogP contribution in [0.15, 0.2) is 28.8 Å². The summed E-state index contributed by atoms with van der Waals surface area (Å²) in [5.41, 5.74) is 1.63. The Balaban J connectivity index is 2.31. The van der Waals surface area contributed by atoms with Gasteiger partial charge in [0.25, 0.3) is 11.7 Å². The minimum absolute atomic E-state index is 0.194. The fourth-order valence-electron chi connectivity index (χ4n) is 1.21. The van der Waals surface area contributed by atoms with Crippen LogP contribution in [-0.2, 0) is 0 Å². The molecule has 0 aliphatic heterocycles. The molecule has 6 heteroatoms. The fourth-order valence-corrected chi connectivity index (χ4v) is 1.21. The van der Waals surface area contributed by atoms with E-state index in [0.717, 1.165) is 5.69 Å². The Bertz CT molecular complexity index is 504. The summed E-state index contributed by atoms with van der Waals surface area (Å²) in [5.74, 6) is -1.35. The Kier molecular flexibility index (Phi) is 2.55. The molecular weight excluding hydrogens is 210 g/mol. The quantitative estimate of drug-likeness (QED) is 0.812. The normalized spacial score (nSPS) is 10.1. The van der Waals surface area contributed by atoms with E-state index in [2.05, 4.69) is 15.5 Å². The van der Waals surface area contributed by atoms with Crippen LogP contribution in [0.2, 0.25) is 0 Å². The van der Waals surface area contributed by atoms with Crippen molar-refractivity contribution in [2.24, 2.45) is 0 Å². The minimum atomic E-state index is -1.21. The van der Waals surface area contributed by atoms with Crippen molar-refractivity contribution >= 4 is 11.7 Å². The lowest BCUT2D eigenvalue weighted by atomic mass is 10.2. The van der Waals surface area contributed by atoms with E-state index in [9.17, 15) is 4.79 Å². The summed E-state index contributed by atoms with van der Waals surface area (Å²) in [7, 11) is 1.81. The number of aromatic carboxylic acids is 1. The molecule has 0 atom stereocenters. The van der Waals surface area contributed by atoms with E-state index in [1.807, 2.05) is 19.2 Å². The second-order valence-corrected chi connectivity index (χ2v) is 3.06. The summed E-state index contributed by atoms with van der Waals surface area (Å²) in [4.78, 5) is 14.3. The maximum Gasteiger partial charge on any atom is 0.377 e. The monoisotopic (exact) mass is 219 g/mol. The molecule has 0 saturated carbocycles. The first-order valence-corrected chi connectivity index (χ1v) is 4.56. The number of aromatic nitrogens is 2. The molecule has 1 heterocycles. The highest BCUT2D eigenvalue weighted by atomic mass is 16.5. The number of nitrogens with one attached hydrogen (secondary N) is 1. The predicted octanol–water partition coefficient (Wildman–Crippen LogP) is 1.48. The number of carbonyl (C=O) groups is 1. The first-order valence-electron chi connectivity index (χ1n) is 4.56. The van der Waals surface area contributed by atoms with Crippen LogP contribution >= 0.6 is 0 Å². The molecule has 0 spiro atoms.